The van der Waals surface area contributed by atoms with Crippen LogP contribution in [-0.4, -0.2) is 30.1 Å². The molecule has 4 aliphatic rings. The van der Waals surface area contributed by atoms with Gasteiger partial charge in [-0.3, -0.25) is 9.59 Å². The fourth-order valence-electron chi connectivity index (χ4n) is 5.88. The summed E-state index contributed by atoms with van der Waals surface area (Å²) in [4.78, 5) is 26.1. The highest BCUT2D eigenvalue weighted by Crippen LogP contribution is 2.73. The number of hydrazone groups is 1. The van der Waals surface area contributed by atoms with Crippen LogP contribution in [0.25, 0.3) is 10.8 Å². The molecule has 1 spiro atoms. The van der Waals surface area contributed by atoms with Gasteiger partial charge in [0.25, 0.3) is 11.8 Å². The lowest BCUT2D eigenvalue weighted by atomic mass is 9.85. The summed E-state index contributed by atoms with van der Waals surface area (Å²) in [5.74, 6) is 0.355. The van der Waals surface area contributed by atoms with Gasteiger partial charge in [-0.2, -0.15) is 10.1 Å². The van der Waals surface area contributed by atoms with Gasteiger partial charge in [-0.15, -0.1) is 0 Å². The molecule has 6 rings (SSSR count). The minimum Gasteiger partial charge on any atom is -0.496 e. The Hall–Kier alpha value is -2.95. The maximum Gasteiger partial charge on any atom is 0.254 e. The lowest BCUT2D eigenvalue weighted by Crippen LogP contribution is -2.30. The highest BCUT2D eigenvalue weighted by molar-refractivity contribution is 6.08. The molecule has 5 nitrogen and oxygen atoms in total. The molecular weight excluding hydrogens is 352 g/mol. The fraction of sp³-hybridized carbons (Fsp3) is 0.348. The molecule has 3 aliphatic carbocycles. The largest absolute Gasteiger partial charge is 0.496 e. The van der Waals surface area contributed by atoms with Crippen LogP contribution in [-0.2, 0) is 9.59 Å². The Morgan fingerprint density at radius 3 is 2.36 bits per heavy atom. The van der Waals surface area contributed by atoms with Crippen molar-refractivity contribution in [1.29, 1.82) is 0 Å². The zero-order valence-corrected chi connectivity index (χ0v) is 15.5. The number of nitrogens with zero attached hydrogens (tertiary/aromatic N) is 2. The van der Waals surface area contributed by atoms with Crippen molar-refractivity contribution in [3.8, 4) is 5.75 Å². The van der Waals surface area contributed by atoms with Gasteiger partial charge in [0.15, 0.2) is 0 Å². The van der Waals surface area contributed by atoms with E-state index in [4.69, 9.17) is 4.74 Å². The lowest BCUT2D eigenvalue weighted by Gasteiger charge is -2.18. The number of methoxy groups -OCH3 is 1. The zero-order valence-electron chi connectivity index (χ0n) is 15.5. The van der Waals surface area contributed by atoms with Crippen molar-refractivity contribution in [2.75, 3.05) is 7.11 Å². The van der Waals surface area contributed by atoms with Crippen LogP contribution in [0, 0.1) is 29.1 Å². The van der Waals surface area contributed by atoms with E-state index in [9.17, 15) is 9.59 Å². The third kappa shape index (κ3) is 1.84. The topological polar surface area (TPSA) is 59.0 Å². The third-order valence-electron chi connectivity index (χ3n) is 7.28. The van der Waals surface area contributed by atoms with Crippen LogP contribution in [0.1, 0.15) is 18.4 Å². The second-order valence-electron chi connectivity index (χ2n) is 8.36. The highest BCUT2D eigenvalue weighted by atomic mass is 16.5. The Balaban J connectivity index is 1.37. The lowest BCUT2D eigenvalue weighted by molar-refractivity contribution is -0.141. The molecule has 3 fully saturated rings. The number of imide groups is 1. The van der Waals surface area contributed by atoms with Crippen LogP contribution in [0.4, 0.5) is 0 Å². The van der Waals surface area contributed by atoms with Crippen molar-refractivity contribution in [1.82, 2.24) is 5.01 Å². The Morgan fingerprint density at radius 1 is 1.04 bits per heavy atom. The van der Waals surface area contributed by atoms with Crippen molar-refractivity contribution in [3.05, 3.63) is 54.1 Å². The molecule has 0 N–H and O–H groups in total. The molecule has 2 aromatic rings. The summed E-state index contributed by atoms with van der Waals surface area (Å²) in [6, 6.07) is 11.8. The summed E-state index contributed by atoms with van der Waals surface area (Å²) < 4.78 is 5.49. The average Bonchev–Trinajstić information content (AvgIpc) is 3.32. The molecule has 0 unspecified atom stereocenters. The van der Waals surface area contributed by atoms with E-state index in [0.717, 1.165) is 34.2 Å². The monoisotopic (exact) mass is 372 g/mol. The van der Waals surface area contributed by atoms with Gasteiger partial charge < -0.3 is 4.74 Å². The van der Waals surface area contributed by atoms with Crippen LogP contribution < -0.4 is 4.74 Å². The summed E-state index contributed by atoms with van der Waals surface area (Å²) in [5.41, 5.74) is 0.980. The molecule has 2 aromatic carbocycles. The number of allylic oxidation sites excluding steroid dienone is 2. The summed E-state index contributed by atoms with van der Waals surface area (Å²) in [6.07, 6.45) is 8.22. The Labute approximate surface area is 162 Å². The van der Waals surface area contributed by atoms with Gasteiger partial charge in [-0.25, -0.2) is 0 Å². The normalized spacial score (nSPS) is 31.5. The van der Waals surface area contributed by atoms with Crippen LogP contribution in [0.15, 0.2) is 53.7 Å². The number of carbonyl (C=O) groups excluding carboxylic acids is 2. The summed E-state index contributed by atoms with van der Waals surface area (Å²) in [6.45, 7) is 0. The summed E-state index contributed by atoms with van der Waals surface area (Å²) in [7, 11) is 1.61. The maximum absolute atomic E-state index is 13.1. The first-order chi connectivity index (χ1) is 13.7. The van der Waals surface area contributed by atoms with Crippen molar-refractivity contribution < 1.29 is 14.3 Å². The molecule has 0 radical (unpaired) electrons. The number of hydrogen-bond acceptors (Lipinski definition) is 4. The number of carbonyl (C=O) groups is 2. The number of rotatable bonds is 3. The second-order valence-corrected chi connectivity index (χ2v) is 8.36. The number of fused-ring (bicyclic) bond motifs is 4. The molecular formula is C23H20N2O3. The first-order valence-electron chi connectivity index (χ1n) is 9.81. The van der Waals surface area contributed by atoms with E-state index in [2.05, 4.69) is 17.3 Å². The number of amides is 2. The standard InChI is InChI=1S/C23H20N2O3/c1-28-18-9-6-13-4-2-3-5-14(13)15(18)12-24-25-21(26)19-16-7-8-17(20(19)22(25)27)23(16)10-11-23/h2-9,12,16-17,19-20H,10-11H2,1H3/b24-12-/t16-,17+,19+,20-. The van der Waals surface area contributed by atoms with Gasteiger partial charge in [-0.05, 0) is 46.9 Å². The number of benzene rings is 2. The van der Waals surface area contributed by atoms with Crippen molar-refractivity contribution >= 4 is 28.8 Å². The molecule has 4 atom stereocenters. The van der Waals surface area contributed by atoms with E-state index in [0.29, 0.717) is 5.75 Å². The molecule has 2 bridgehead atoms. The van der Waals surface area contributed by atoms with Crippen LogP contribution in [0.3, 0.4) is 0 Å². The van der Waals surface area contributed by atoms with Crippen molar-refractivity contribution in [2.24, 2.45) is 34.2 Å². The van der Waals surface area contributed by atoms with Crippen LogP contribution in [0.2, 0.25) is 0 Å². The Morgan fingerprint density at radius 2 is 1.71 bits per heavy atom. The first kappa shape index (κ1) is 16.0. The second kappa shape index (κ2) is 5.31. The molecule has 5 heteroatoms. The SMILES string of the molecule is COc1ccc2ccccc2c1/C=N\N1C(=O)[C@@H]2[C@H](C1=O)[C@@H]1C=C[C@H]2C12CC2. The molecule has 140 valence electrons. The summed E-state index contributed by atoms with van der Waals surface area (Å²) in [5, 5.41) is 7.50. The Bertz CT molecular complexity index is 1060. The van der Waals surface area contributed by atoms with Gasteiger partial charge in [0.05, 0.1) is 25.2 Å². The predicted molar refractivity (Wildman–Crippen MR) is 105 cm³/mol. The molecule has 2 saturated carbocycles. The van der Waals surface area contributed by atoms with Gasteiger partial charge in [0, 0.05) is 5.56 Å². The van der Waals surface area contributed by atoms with Crippen molar-refractivity contribution in [2.45, 2.75) is 12.8 Å². The van der Waals surface area contributed by atoms with Crippen molar-refractivity contribution in [3.63, 3.8) is 0 Å². The minimum absolute atomic E-state index is 0.145. The highest BCUT2D eigenvalue weighted by Gasteiger charge is 2.73. The quantitative estimate of drug-likeness (QED) is 0.471. The molecule has 1 aliphatic heterocycles. The molecule has 1 saturated heterocycles. The predicted octanol–water partition coefficient (Wildman–Crippen LogP) is 3.38. The maximum atomic E-state index is 13.1. The van der Waals surface area contributed by atoms with E-state index in [1.165, 1.54) is 0 Å². The summed E-state index contributed by atoms with van der Waals surface area (Å²) >= 11 is 0. The van der Waals surface area contributed by atoms with Gasteiger partial charge in [0.2, 0.25) is 0 Å². The van der Waals surface area contributed by atoms with E-state index in [1.54, 1.807) is 13.3 Å². The fourth-order valence-corrected chi connectivity index (χ4v) is 5.88. The van der Waals surface area contributed by atoms with Crippen LogP contribution >= 0.6 is 0 Å². The molecule has 28 heavy (non-hydrogen) atoms. The minimum atomic E-state index is -0.225. The number of hydrogen-bond donors (Lipinski definition) is 0. The van der Waals surface area contributed by atoms with Gasteiger partial charge in [-0.1, -0.05) is 42.5 Å². The van der Waals surface area contributed by atoms with E-state index in [1.807, 2.05) is 36.4 Å². The van der Waals surface area contributed by atoms with E-state index in [-0.39, 0.29) is 40.9 Å². The molecule has 0 aromatic heterocycles. The number of ether oxygens (including phenoxy) is 1. The Kier molecular flexibility index (Phi) is 3.04. The zero-order chi connectivity index (χ0) is 19.0. The van der Waals surface area contributed by atoms with E-state index < -0.39 is 0 Å². The third-order valence-corrected chi connectivity index (χ3v) is 7.28. The molecule has 1 heterocycles. The van der Waals surface area contributed by atoms with E-state index >= 15 is 0 Å². The molecule has 2 amide bonds. The first-order valence-corrected chi connectivity index (χ1v) is 9.81. The van der Waals surface area contributed by atoms with Gasteiger partial charge >= 0.3 is 0 Å². The van der Waals surface area contributed by atoms with Crippen LogP contribution in [0.5, 0.6) is 5.75 Å². The smallest absolute Gasteiger partial charge is 0.254 e. The van der Waals surface area contributed by atoms with Gasteiger partial charge in [0.1, 0.15) is 5.75 Å². The average molecular weight is 372 g/mol.